The highest BCUT2D eigenvalue weighted by Gasteiger charge is 2.44. The highest BCUT2D eigenvalue weighted by Crippen LogP contribution is 2.30. The van der Waals surface area contributed by atoms with Crippen LogP contribution < -0.4 is 5.01 Å². The Hall–Kier alpha value is -3.94. The van der Waals surface area contributed by atoms with Crippen LogP contribution in [0.4, 0.5) is 5.69 Å². The van der Waals surface area contributed by atoms with Gasteiger partial charge in [0, 0.05) is 39.8 Å². The number of anilines is 1. The summed E-state index contributed by atoms with van der Waals surface area (Å²) in [7, 11) is 0. The summed E-state index contributed by atoms with van der Waals surface area (Å²) in [5.41, 5.74) is 0.692. The van der Waals surface area contributed by atoms with Crippen LogP contribution in [0.2, 0.25) is 0 Å². The van der Waals surface area contributed by atoms with E-state index < -0.39 is 60.8 Å². The van der Waals surface area contributed by atoms with E-state index in [4.69, 9.17) is 18.9 Å². The molecule has 182 valence electrons. The number of para-hydroxylation sites is 1. The Morgan fingerprint density at radius 2 is 1.62 bits per heavy atom. The molecule has 0 amide bonds. The van der Waals surface area contributed by atoms with Gasteiger partial charge in [-0.25, -0.2) is 5.01 Å². The quantitative estimate of drug-likeness (QED) is 0.384. The van der Waals surface area contributed by atoms with E-state index in [9.17, 15) is 24.4 Å². The van der Waals surface area contributed by atoms with Gasteiger partial charge >= 0.3 is 23.9 Å². The zero-order chi connectivity index (χ0) is 25.3. The third-order valence-electron chi connectivity index (χ3n) is 4.83. The highest BCUT2D eigenvalue weighted by molar-refractivity contribution is 5.71. The van der Waals surface area contributed by atoms with Gasteiger partial charge < -0.3 is 18.9 Å². The van der Waals surface area contributed by atoms with Gasteiger partial charge in [-0.1, -0.05) is 18.2 Å². The molecule has 1 aliphatic heterocycles. The zero-order valence-corrected chi connectivity index (χ0v) is 19.4. The maximum atomic E-state index is 12.0. The van der Waals surface area contributed by atoms with Crippen LogP contribution in [0.3, 0.4) is 0 Å². The molecule has 0 saturated carbocycles. The molecule has 0 radical (unpaired) electrons. The highest BCUT2D eigenvalue weighted by atomic mass is 16.6. The van der Waals surface area contributed by atoms with Crippen LogP contribution in [-0.2, 0) is 38.1 Å². The molecule has 11 heteroatoms. The van der Waals surface area contributed by atoms with Gasteiger partial charge in [-0.05, 0) is 18.6 Å². The fraction of sp³-hybridized carbons (Fsp3) is 0.478. The van der Waals surface area contributed by atoms with Crippen LogP contribution in [0.15, 0.2) is 35.4 Å². The molecule has 0 N–H and O–H groups in total. The third-order valence-corrected chi connectivity index (χ3v) is 4.83. The van der Waals surface area contributed by atoms with Crippen molar-refractivity contribution in [1.82, 2.24) is 0 Å². The second kappa shape index (κ2) is 12.3. The number of nitrogens with zero attached hydrogens (tertiary/aromatic N) is 3. The van der Waals surface area contributed by atoms with Crippen molar-refractivity contribution in [1.29, 1.82) is 5.26 Å². The van der Waals surface area contributed by atoms with E-state index in [0.717, 1.165) is 13.8 Å². The molecule has 2 rings (SSSR count). The molecule has 34 heavy (non-hydrogen) atoms. The lowest BCUT2D eigenvalue weighted by Crippen LogP contribution is -2.52. The summed E-state index contributed by atoms with van der Waals surface area (Å²) in [5, 5.41) is 15.7. The van der Waals surface area contributed by atoms with Crippen LogP contribution in [0.25, 0.3) is 0 Å². The Labute approximate surface area is 197 Å². The second-order valence-electron chi connectivity index (χ2n) is 7.59. The molecule has 5 atom stereocenters. The zero-order valence-electron chi connectivity index (χ0n) is 19.4. The van der Waals surface area contributed by atoms with E-state index >= 15 is 0 Å². The maximum absolute atomic E-state index is 12.0. The summed E-state index contributed by atoms with van der Waals surface area (Å²) >= 11 is 0. The number of hydrogen-bond donors (Lipinski definition) is 0. The van der Waals surface area contributed by atoms with Crippen LogP contribution in [0.5, 0.6) is 0 Å². The Morgan fingerprint density at radius 1 is 1.00 bits per heavy atom. The summed E-state index contributed by atoms with van der Waals surface area (Å²) in [6, 6.07) is 10.5. The number of ether oxygens (including phenoxy) is 4. The first kappa shape index (κ1) is 26.3. The molecule has 1 aromatic rings. The first-order valence-corrected chi connectivity index (χ1v) is 10.5. The SMILES string of the molecule is CC(=O)OC[C@@H](OC(C)=O)[C@@H](OC(C)=O)[C@H](OC(C)=O)[C@H]1C=NN(c2ccccc2)[C@H](C#N)C1. The van der Waals surface area contributed by atoms with E-state index in [0.29, 0.717) is 5.69 Å². The number of esters is 4. The van der Waals surface area contributed by atoms with Gasteiger partial charge in [-0.3, -0.25) is 19.2 Å². The Morgan fingerprint density at radius 3 is 2.15 bits per heavy atom. The molecule has 1 heterocycles. The van der Waals surface area contributed by atoms with Gasteiger partial charge in [0.2, 0.25) is 0 Å². The van der Waals surface area contributed by atoms with Gasteiger partial charge in [0.05, 0.1) is 11.8 Å². The van der Waals surface area contributed by atoms with Crippen molar-refractivity contribution in [3.8, 4) is 6.07 Å². The molecule has 0 bridgehead atoms. The smallest absolute Gasteiger partial charge is 0.303 e. The minimum absolute atomic E-state index is 0.158. The van der Waals surface area contributed by atoms with Crippen molar-refractivity contribution < 1.29 is 38.1 Å². The van der Waals surface area contributed by atoms with E-state index in [-0.39, 0.29) is 6.42 Å². The molecule has 0 fully saturated rings. The largest absolute Gasteiger partial charge is 0.462 e. The Bertz CT molecular complexity index is 959. The molecular formula is C23H27N3O8. The van der Waals surface area contributed by atoms with E-state index in [1.807, 2.05) is 18.2 Å². The summed E-state index contributed by atoms with van der Waals surface area (Å²) in [4.78, 5) is 47.0. The first-order chi connectivity index (χ1) is 16.1. The monoisotopic (exact) mass is 473 g/mol. The number of hydrogen-bond acceptors (Lipinski definition) is 11. The average molecular weight is 473 g/mol. The summed E-state index contributed by atoms with van der Waals surface area (Å²) < 4.78 is 21.1. The fourth-order valence-corrected chi connectivity index (χ4v) is 3.55. The predicted molar refractivity (Wildman–Crippen MR) is 118 cm³/mol. The number of nitriles is 1. The standard InChI is InChI=1S/C23H27N3O8/c1-14(27)31-13-21(32-15(2)28)23(34-17(4)30)22(33-16(3)29)18-10-20(11-24)26(25-12-18)19-8-6-5-7-9-19/h5-9,12,18,20-23H,10,13H2,1-4H3/t18-,20+,21-,22-,23-/m1/s1. The molecule has 0 aliphatic carbocycles. The van der Waals surface area contributed by atoms with Gasteiger partial charge in [0.1, 0.15) is 12.6 Å². The lowest BCUT2D eigenvalue weighted by molar-refractivity contribution is -0.191. The maximum Gasteiger partial charge on any atom is 0.303 e. The van der Waals surface area contributed by atoms with Crippen LogP contribution >= 0.6 is 0 Å². The van der Waals surface area contributed by atoms with Crippen molar-refractivity contribution in [2.75, 3.05) is 11.6 Å². The lowest BCUT2D eigenvalue weighted by Gasteiger charge is -2.38. The lowest BCUT2D eigenvalue weighted by atomic mass is 9.88. The van der Waals surface area contributed by atoms with Gasteiger partial charge in [0.25, 0.3) is 0 Å². The predicted octanol–water partition coefficient (Wildman–Crippen LogP) is 1.75. The van der Waals surface area contributed by atoms with Crippen molar-refractivity contribution in [2.24, 2.45) is 11.0 Å². The van der Waals surface area contributed by atoms with E-state index in [2.05, 4.69) is 11.2 Å². The topological polar surface area (TPSA) is 145 Å². The van der Waals surface area contributed by atoms with Crippen molar-refractivity contribution >= 4 is 35.8 Å². The average Bonchev–Trinajstić information content (AvgIpc) is 2.78. The first-order valence-electron chi connectivity index (χ1n) is 10.5. The summed E-state index contributed by atoms with van der Waals surface area (Å²) in [6.45, 7) is 4.17. The molecule has 0 saturated heterocycles. The minimum Gasteiger partial charge on any atom is -0.462 e. The van der Waals surface area contributed by atoms with Gasteiger partial charge in [0.15, 0.2) is 18.3 Å². The van der Waals surface area contributed by atoms with Gasteiger partial charge in [-0.2, -0.15) is 10.4 Å². The van der Waals surface area contributed by atoms with Crippen molar-refractivity contribution in [3.05, 3.63) is 30.3 Å². The van der Waals surface area contributed by atoms with Gasteiger partial charge in [-0.15, -0.1) is 0 Å². The number of carbonyl (C=O) groups excluding carboxylic acids is 4. The van der Waals surface area contributed by atoms with E-state index in [1.165, 1.54) is 25.1 Å². The Balaban J connectivity index is 2.44. The fourth-order valence-electron chi connectivity index (χ4n) is 3.55. The van der Waals surface area contributed by atoms with Crippen LogP contribution in [0, 0.1) is 17.2 Å². The number of benzene rings is 1. The van der Waals surface area contributed by atoms with Crippen molar-refractivity contribution in [3.63, 3.8) is 0 Å². The number of rotatable bonds is 9. The molecular weight excluding hydrogens is 446 g/mol. The Kier molecular flexibility index (Phi) is 9.55. The van der Waals surface area contributed by atoms with Crippen molar-refractivity contribution in [2.45, 2.75) is 58.5 Å². The number of carbonyl (C=O) groups is 4. The summed E-state index contributed by atoms with van der Waals surface area (Å²) in [5.74, 6) is -3.49. The van der Waals surface area contributed by atoms with Crippen LogP contribution in [-0.4, -0.2) is 61.1 Å². The minimum atomic E-state index is -1.33. The molecule has 0 unspecified atom stereocenters. The van der Waals surface area contributed by atoms with E-state index in [1.54, 1.807) is 12.1 Å². The normalized spacial score (nSPS) is 19.7. The number of hydrazone groups is 1. The molecule has 11 nitrogen and oxygen atoms in total. The van der Waals surface area contributed by atoms with Crippen LogP contribution in [0.1, 0.15) is 34.1 Å². The second-order valence-corrected chi connectivity index (χ2v) is 7.59. The molecule has 1 aliphatic rings. The summed E-state index contributed by atoms with van der Waals surface area (Å²) in [6.07, 6.45) is -2.13. The molecule has 1 aromatic carbocycles. The molecule has 0 spiro atoms. The third kappa shape index (κ3) is 7.58. The molecule has 0 aromatic heterocycles.